The van der Waals surface area contributed by atoms with Gasteiger partial charge in [-0.3, -0.25) is 4.79 Å². The molecule has 2 aromatic rings. The fraction of sp³-hybridized carbons (Fsp3) is 0.0588. The zero-order chi connectivity index (χ0) is 16.1. The topological polar surface area (TPSA) is 102 Å². The Balaban J connectivity index is 2.20. The lowest BCUT2D eigenvalue weighted by molar-refractivity contribution is -0.114. The summed E-state index contributed by atoms with van der Waals surface area (Å²) in [6.07, 6.45) is 1.72. The highest BCUT2D eigenvalue weighted by Crippen LogP contribution is 2.22. The number of guanidine groups is 1. The average molecular weight is 295 g/mol. The Hall–Kier alpha value is -3.08. The van der Waals surface area contributed by atoms with Crippen LogP contribution in [0.1, 0.15) is 12.5 Å². The van der Waals surface area contributed by atoms with Crippen LogP contribution in [0.5, 0.6) is 5.75 Å². The first kappa shape index (κ1) is 15.3. The summed E-state index contributed by atoms with van der Waals surface area (Å²) in [6, 6.07) is 14.6. The second kappa shape index (κ2) is 6.58. The van der Waals surface area contributed by atoms with Gasteiger partial charge in [-0.05, 0) is 41.8 Å². The van der Waals surface area contributed by atoms with E-state index in [4.69, 9.17) is 11.5 Å². The smallest absolute Gasteiger partial charge is 0.275 e. The van der Waals surface area contributed by atoms with Crippen LogP contribution >= 0.6 is 0 Å². The second-order valence-electron chi connectivity index (χ2n) is 4.84. The van der Waals surface area contributed by atoms with Crippen molar-refractivity contribution < 1.29 is 9.90 Å². The minimum atomic E-state index is -0.456. The molecular weight excluding hydrogens is 278 g/mol. The van der Waals surface area contributed by atoms with Gasteiger partial charge in [0.15, 0.2) is 5.96 Å². The van der Waals surface area contributed by atoms with E-state index in [0.717, 1.165) is 16.7 Å². The Morgan fingerprint density at radius 2 is 1.50 bits per heavy atom. The molecule has 5 N–H and O–H groups in total. The van der Waals surface area contributed by atoms with Crippen molar-refractivity contribution >= 4 is 17.9 Å². The van der Waals surface area contributed by atoms with Crippen LogP contribution in [-0.4, -0.2) is 17.0 Å². The van der Waals surface area contributed by atoms with Crippen molar-refractivity contribution in [3.63, 3.8) is 0 Å². The number of carbonyl (C=O) groups is 1. The lowest BCUT2D eigenvalue weighted by Gasteiger charge is -2.03. The van der Waals surface area contributed by atoms with Crippen molar-refractivity contribution in [1.29, 1.82) is 0 Å². The molecule has 0 aliphatic rings. The number of hydrogen-bond acceptors (Lipinski definition) is 2. The Labute approximate surface area is 128 Å². The van der Waals surface area contributed by atoms with E-state index in [1.54, 1.807) is 25.1 Å². The molecule has 0 aliphatic heterocycles. The van der Waals surface area contributed by atoms with Crippen LogP contribution in [-0.2, 0) is 4.79 Å². The molecule has 0 atom stereocenters. The maximum absolute atomic E-state index is 11.6. The molecule has 0 bridgehead atoms. The van der Waals surface area contributed by atoms with Gasteiger partial charge in [0.05, 0.1) is 0 Å². The molecule has 0 radical (unpaired) electrons. The summed E-state index contributed by atoms with van der Waals surface area (Å²) >= 11 is 0. The monoisotopic (exact) mass is 295 g/mol. The molecule has 0 unspecified atom stereocenters. The van der Waals surface area contributed by atoms with E-state index in [-0.39, 0.29) is 11.7 Å². The molecule has 1 amide bonds. The highest BCUT2D eigenvalue weighted by atomic mass is 16.3. The third kappa shape index (κ3) is 3.96. The number of nitrogens with two attached hydrogens (primary N) is 2. The van der Waals surface area contributed by atoms with Gasteiger partial charge in [0, 0.05) is 5.57 Å². The number of aliphatic imine (C=N–C) groups is 1. The third-order valence-corrected chi connectivity index (χ3v) is 3.06. The number of aromatic hydroxyl groups is 1. The first-order valence-electron chi connectivity index (χ1n) is 6.67. The molecule has 0 saturated heterocycles. The molecule has 0 heterocycles. The third-order valence-electron chi connectivity index (χ3n) is 3.06. The molecule has 0 saturated carbocycles. The van der Waals surface area contributed by atoms with Gasteiger partial charge in [0.2, 0.25) is 0 Å². The molecule has 22 heavy (non-hydrogen) atoms. The summed E-state index contributed by atoms with van der Waals surface area (Å²) in [5.74, 6) is -0.472. The maximum atomic E-state index is 11.6. The van der Waals surface area contributed by atoms with Crippen molar-refractivity contribution in [3.05, 3.63) is 59.7 Å². The van der Waals surface area contributed by atoms with Crippen LogP contribution in [0.4, 0.5) is 0 Å². The van der Waals surface area contributed by atoms with Crippen LogP contribution in [0.25, 0.3) is 17.2 Å². The van der Waals surface area contributed by atoms with E-state index < -0.39 is 5.91 Å². The molecule has 112 valence electrons. The van der Waals surface area contributed by atoms with E-state index in [1.807, 2.05) is 36.4 Å². The minimum absolute atomic E-state index is 0.233. The molecule has 2 rings (SSSR count). The highest BCUT2D eigenvalue weighted by Gasteiger charge is 2.03. The van der Waals surface area contributed by atoms with Gasteiger partial charge in [0.1, 0.15) is 5.75 Å². The first-order chi connectivity index (χ1) is 10.5. The predicted octanol–water partition coefficient (Wildman–Crippen LogP) is 2.26. The van der Waals surface area contributed by atoms with Gasteiger partial charge in [-0.1, -0.05) is 36.4 Å². The van der Waals surface area contributed by atoms with Gasteiger partial charge in [0.25, 0.3) is 5.91 Å². The number of phenolic OH excluding ortho intramolecular Hbond substituents is 1. The van der Waals surface area contributed by atoms with Crippen LogP contribution in [0.15, 0.2) is 59.1 Å². The predicted molar refractivity (Wildman–Crippen MR) is 88.0 cm³/mol. The number of phenols is 1. The minimum Gasteiger partial charge on any atom is -0.508 e. The quantitative estimate of drug-likeness (QED) is 0.459. The van der Waals surface area contributed by atoms with Crippen molar-refractivity contribution in [1.82, 2.24) is 0 Å². The van der Waals surface area contributed by atoms with Crippen LogP contribution in [0.2, 0.25) is 0 Å². The fourth-order valence-corrected chi connectivity index (χ4v) is 1.94. The standard InChI is InChI=1S/C17H17N3O2/c1-11(16(22)20-17(18)19)10-12-2-4-13(5-3-12)14-6-8-15(21)9-7-14/h2-10,21H,1H3,(H4,18,19,20,22). The van der Waals surface area contributed by atoms with E-state index in [9.17, 15) is 9.90 Å². The van der Waals surface area contributed by atoms with Crippen molar-refractivity contribution in [3.8, 4) is 16.9 Å². The largest absolute Gasteiger partial charge is 0.508 e. The summed E-state index contributed by atoms with van der Waals surface area (Å²) < 4.78 is 0. The van der Waals surface area contributed by atoms with Gasteiger partial charge in [-0.25, -0.2) is 0 Å². The Morgan fingerprint density at radius 1 is 1.00 bits per heavy atom. The molecule has 5 heteroatoms. The van der Waals surface area contributed by atoms with Gasteiger partial charge in [-0.2, -0.15) is 4.99 Å². The van der Waals surface area contributed by atoms with E-state index in [1.165, 1.54) is 0 Å². The summed E-state index contributed by atoms with van der Waals surface area (Å²) in [5, 5.41) is 9.29. The molecule has 0 spiro atoms. The number of benzene rings is 2. The highest BCUT2D eigenvalue weighted by molar-refractivity contribution is 6.03. The fourth-order valence-electron chi connectivity index (χ4n) is 1.94. The van der Waals surface area contributed by atoms with Crippen LogP contribution < -0.4 is 11.5 Å². The number of rotatable bonds is 3. The number of nitrogens with zero attached hydrogens (tertiary/aromatic N) is 1. The molecule has 2 aromatic carbocycles. The summed E-state index contributed by atoms with van der Waals surface area (Å²) in [6.45, 7) is 1.66. The molecule has 0 aromatic heterocycles. The zero-order valence-corrected chi connectivity index (χ0v) is 12.2. The molecular formula is C17H17N3O2. The van der Waals surface area contributed by atoms with Crippen molar-refractivity contribution in [2.75, 3.05) is 0 Å². The molecule has 0 aliphatic carbocycles. The van der Waals surface area contributed by atoms with Crippen LogP contribution in [0.3, 0.4) is 0 Å². The summed E-state index contributed by atoms with van der Waals surface area (Å²) in [4.78, 5) is 15.1. The number of carbonyl (C=O) groups excluding carboxylic acids is 1. The summed E-state index contributed by atoms with van der Waals surface area (Å²) in [5.41, 5.74) is 13.7. The second-order valence-corrected chi connectivity index (χ2v) is 4.84. The van der Waals surface area contributed by atoms with E-state index >= 15 is 0 Å². The van der Waals surface area contributed by atoms with Crippen LogP contribution in [0, 0.1) is 0 Å². The van der Waals surface area contributed by atoms with E-state index in [0.29, 0.717) is 5.57 Å². The molecule has 5 nitrogen and oxygen atoms in total. The molecule has 0 fully saturated rings. The van der Waals surface area contributed by atoms with Crippen molar-refractivity contribution in [2.45, 2.75) is 6.92 Å². The van der Waals surface area contributed by atoms with Gasteiger partial charge < -0.3 is 16.6 Å². The van der Waals surface area contributed by atoms with Crippen molar-refractivity contribution in [2.24, 2.45) is 16.5 Å². The van der Waals surface area contributed by atoms with Gasteiger partial charge in [-0.15, -0.1) is 0 Å². The zero-order valence-electron chi connectivity index (χ0n) is 12.2. The first-order valence-corrected chi connectivity index (χ1v) is 6.67. The van der Waals surface area contributed by atoms with E-state index in [2.05, 4.69) is 4.99 Å². The SMILES string of the molecule is CC(=Cc1ccc(-c2ccc(O)cc2)cc1)C(=O)N=C(N)N. The average Bonchev–Trinajstić information content (AvgIpc) is 2.48. The lowest BCUT2D eigenvalue weighted by atomic mass is 10.0. The number of amides is 1. The Morgan fingerprint density at radius 3 is 2.00 bits per heavy atom. The summed E-state index contributed by atoms with van der Waals surface area (Å²) in [7, 11) is 0. The maximum Gasteiger partial charge on any atom is 0.275 e. The lowest BCUT2D eigenvalue weighted by Crippen LogP contribution is -2.24. The Kier molecular flexibility index (Phi) is 4.58. The normalized spacial score (nSPS) is 11.0. The number of hydrogen-bond donors (Lipinski definition) is 3. The van der Waals surface area contributed by atoms with Gasteiger partial charge >= 0.3 is 0 Å². The Bertz CT molecular complexity index is 726.